The molecule has 2 amide bonds. The summed E-state index contributed by atoms with van der Waals surface area (Å²) >= 11 is 3.34. The summed E-state index contributed by atoms with van der Waals surface area (Å²) in [5.74, 6) is 2.76. The molecule has 0 radical (unpaired) electrons. The van der Waals surface area contributed by atoms with Crippen LogP contribution in [-0.4, -0.2) is 50.7 Å². The zero-order valence-corrected chi connectivity index (χ0v) is 17.5. The first-order valence-corrected chi connectivity index (χ1v) is 12.0. The van der Waals surface area contributed by atoms with Gasteiger partial charge in [0.25, 0.3) is 5.79 Å². The van der Waals surface area contributed by atoms with Gasteiger partial charge in [-0.1, -0.05) is 6.42 Å². The maximum atomic E-state index is 13.0. The van der Waals surface area contributed by atoms with E-state index in [2.05, 4.69) is 12.2 Å². The van der Waals surface area contributed by atoms with Gasteiger partial charge in [0.15, 0.2) is 11.5 Å². The lowest BCUT2D eigenvalue weighted by Gasteiger charge is -2.40. The number of amides is 2. The molecule has 0 unspecified atom stereocenters. The van der Waals surface area contributed by atoms with Crippen LogP contribution in [-0.2, 0) is 9.59 Å². The number of fused-ring (bicyclic) bond motifs is 2. The first kappa shape index (κ1) is 18.5. The molecule has 28 heavy (non-hydrogen) atoms. The van der Waals surface area contributed by atoms with Gasteiger partial charge < -0.3 is 19.7 Å². The molecule has 1 aromatic rings. The van der Waals surface area contributed by atoms with Crippen LogP contribution < -0.4 is 14.8 Å². The highest BCUT2D eigenvalue weighted by Gasteiger charge is 2.51. The molecule has 1 N–H and O–H groups in total. The van der Waals surface area contributed by atoms with Crippen molar-refractivity contribution in [2.24, 2.45) is 0 Å². The Hall–Kier alpha value is -1.54. The summed E-state index contributed by atoms with van der Waals surface area (Å²) in [5, 5.41) is 2.99. The maximum Gasteiger partial charge on any atom is 0.251 e. The van der Waals surface area contributed by atoms with E-state index in [1.807, 2.05) is 18.2 Å². The van der Waals surface area contributed by atoms with Gasteiger partial charge in [-0.3, -0.25) is 9.59 Å². The average molecular weight is 421 g/mol. The highest BCUT2D eigenvalue weighted by molar-refractivity contribution is 8.04. The topological polar surface area (TPSA) is 67.9 Å². The number of hydrogen-bond acceptors (Lipinski definition) is 6. The SMILES string of the molecule is C[C@@]12CSCC(=O)N1[C@H](C(=O)Nc1ccc3c(c1)OC1(CCCCC1)O3)CS2. The van der Waals surface area contributed by atoms with Crippen LogP contribution in [0.25, 0.3) is 0 Å². The second-order valence-electron chi connectivity index (χ2n) is 8.08. The zero-order chi connectivity index (χ0) is 19.4. The van der Waals surface area contributed by atoms with Gasteiger partial charge >= 0.3 is 0 Å². The number of rotatable bonds is 2. The minimum atomic E-state index is -0.523. The van der Waals surface area contributed by atoms with Crippen molar-refractivity contribution >= 4 is 41.0 Å². The Bertz CT molecular complexity index is 826. The molecule has 3 fully saturated rings. The Morgan fingerprint density at radius 1 is 1.21 bits per heavy atom. The van der Waals surface area contributed by atoms with E-state index in [1.165, 1.54) is 6.42 Å². The quantitative estimate of drug-likeness (QED) is 0.790. The first-order valence-electron chi connectivity index (χ1n) is 9.85. The monoisotopic (exact) mass is 420 g/mol. The molecule has 3 heterocycles. The van der Waals surface area contributed by atoms with Gasteiger partial charge in [-0.2, -0.15) is 0 Å². The summed E-state index contributed by atoms with van der Waals surface area (Å²) in [6.45, 7) is 2.05. The van der Waals surface area contributed by atoms with Gasteiger partial charge in [-0.05, 0) is 31.9 Å². The average Bonchev–Trinajstić information content (AvgIpc) is 3.20. The van der Waals surface area contributed by atoms with Crippen molar-refractivity contribution in [3.8, 4) is 11.5 Å². The Morgan fingerprint density at radius 3 is 2.82 bits per heavy atom. The van der Waals surface area contributed by atoms with Crippen LogP contribution >= 0.6 is 23.5 Å². The van der Waals surface area contributed by atoms with E-state index < -0.39 is 11.8 Å². The third kappa shape index (κ3) is 3.05. The molecule has 150 valence electrons. The van der Waals surface area contributed by atoms with Gasteiger partial charge in [0.1, 0.15) is 6.04 Å². The highest BCUT2D eigenvalue weighted by Crippen LogP contribution is 2.47. The van der Waals surface area contributed by atoms with E-state index >= 15 is 0 Å². The first-order chi connectivity index (χ1) is 13.5. The summed E-state index contributed by atoms with van der Waals surface area (Å²) in [6, 6.07) is 5.12. The molecule has 6 nitrogen and oxygen atoms in total. The second-order valence-corrected chi connectivity index (χ2v) is 10.6. The minimum Gasteiger partial charge on any atom is -0.448 e. The molecule has 0 aromatic heterocycles. The molecule has 5 rings (SSSR count). The van der Waals surface area contributed by atoms with E-state index in [0.717, 1.165) is 37.2 Å². The summed E-state index contributed by atoms with van der Waals surface area (Å²) in [5.41, 5.74) is 0.678. The number of thioether (sulfide) groups is 2. The normalized spacial score (nSPS) is 30.4. The fourth-order valence-electron chi connectivity index (χ4n) is 4.56. The maximum absolute atomic E-state index is 13.0. The van der Waals surface area contributed by atoms with Crippen molar-refractivity contribution < 1.29 is 19.1 Å². The number of carbonyl (C=O) groups excluding carboxylic acids is 2. The van der Waals surface area contributed by atoms with Crippen LogP contribution in [0.2, 0.25) is 0 Å². The van der Waals surface area contributed by atoms with E-state index in [9.17, 15) is 9.59 Å². The molecular formula is C20H24N2O4S2. The summed E-state index contributed by atoms with van der Waals surface area (Å²) in [7, 11) is 0. The van der Waals surface area contributed by atoms with E-state index in [-0.39, 0.29) is 16.7 Å². The Labute approximate surface area is 173 Å². The molecule has 4 aliphatic rings. The molecule has 2 atom stereocenters. The number of hydrogen-bond donors (Lipinski definition) is 1. The third-order valence-electron chi connectivity index (χ3n) is 5.96. The van der Waals surface area contributed by atoms with Crippen molar-refractivity contribution in [3.63, 3.8) is 0 Å². The van der Waals surface area contributed by atoms with E-state index in [0.29, 0.717) is 22.9 Å². The van der Waals surface area contributed by atoms with Crippen molar-refractivity contribution in [2.75, 3.05) is 22.6 Å². The number of benzene rings is 1. The van der Waals surface area contributed by atoms with Crippen LogP contribution in [0, 0.1) is 0 Å². The Morgan fingerprint density at radius 2 is 2.00 bits per heavy atom. The predicted octanol–water partition coefficient (Wildman–Crippen LogP) is 3.46. The van der Waals surface area contributed by atoms with Crippen molar-refractivity contribution in [1.82, 2.24) is 4.90 Å². The molecule has 3 aliphatic heterocycles. The smallest absolute Gasteiger partial charge is 0.251 e. The standard InChI is InChI=1S/C20H24N2O4S2/c1-19-12-27-11-17(23)22(19)14(10-28-19)18(24)21-13-5-6-15-16(9-13)26-20(25-15)7-3-2-4-8-20/h5-6,9,14H,2-4,7-8,10-12H2,1H3,(H,21,24)/t14-,19+/m0/s1. The molecule has 1 spiro atoms. The largest absolute Gasteiger partial charge is 0.448 e. The molecule has 0 bridgehead atoms. The molecule has 1 aliphatic carbocycles. The van der Waals surface area contributed by atoms with Gasteiger partial charge in [0.2, 0.25) is 11.8 Å². The fourth-order valence-corrected chi connectivity index (χ4v) is 7.27. The molecule has 1 saturated carbocycles. The van der Waals surface area contributed by atoms with Gasteiger partial charge in [0.05, 0.1) is 10.6 Å². The van der Waals surface area contributed by atoms with Crippen molar-refractivity contribution in [1.29, 1.82) is 0 Å². The second kappa shape index (κ2) is 6.76. The molecule has 8 heteroatoms. The number of ether oxygens (including phenoxy) is 2. The molecule has 2 saturated heterocycles. The lowest BCUT2D eigenvalue weighted by molar-refractivity contribution is -0.138. The predicted molar refractivity (Wildman–Crippen MR) is 111 cm³/mol. The molecular weight excluding hydrogens is 396 g/mol. The zero-order valence-electron chi connectivity index (χ0n) is 15.9. The van der Waals surface area contributed by atoms with Crippen LogP contribution in [0.3, 0.4) is 0 Å². The number of nitrogens with one attached hydrogen (secondary N) is 1. The van der Waals surface area contributed by atoms with Gasteiger partial charge in [0, 0.05) is 36.1 Å². The Balaban J connectivity index is 1.31. The summed E-state index contributed by atoms with van der Waals surface area (Å²) in [4.78, 5) is 26.9. The molecule has 1 aromatic carbocycles. The van der Waals surface area contributed by atoms with E-state index in [1.54, 1.807) is 28.4 Å². The highest BCUT2D eigenvalue weighted by atomic mass is 32.2. The lowest BCUT2D eigenvalue weighted by Crippen LogP contribution is -2.56. The fraction of sp³-hybridized carbons (Fsp3) is 0.600. The van der Waals surface area contributed by atoms with E-state index in [4.69, 9.17) is 9.47 Å². The number of anilines is 1. The number of carbonyl (C=O) groups is 2. The van der Waals surface area contributed by atoms with Crippen molar-refractivity contribution in [2.45, 2.75) is 55.7 Å². The Kier molecular flexibility index (Phi) is 4.46. The number of nitrogens with zero attached hydrogens (tertiary/aromatic N) is 1. The van der Waals surface area contributed by atoms with Crippen molar-refractivity contribution in [3.05, 3.63) is 18.2 Å². The summed E-state index contributed by atoms with van der Waals surface area (Å²) < 4.78 is 12.3. The van der Waals surface area contributed by atoms with Gasteiger partial charge in [-0.25, -0.2) is 0 Å². The van der Waals surface area contributed by atoms with Gasteiger partial charge in [-0.15, -0.1) is 23.5 Å². The van der Waals surface area contributed by atoms with Crippen LogP contribution in [0.5, 0.6) is 11.5 Å². The van der Waals surface area contributed by atoms with Crippen LogP contribution in [0.15, 0.2) is 18.2 Å². The summed E-state index contributed by atoms with van der Waals surface area (Å²) in [6.07, 6.45) is 5.24. The lowest BCUT2D eigenvalue weighted by atomic mass is 9.94. The third-order valence-corrected chi connectivity index (χ3v) is 8.80. The minimum absolute atomic E-state index is 0.0498. The van der Waals surface area contributed by atoms with Crippen LogP contribution in [0.1, 0.15) is 39.0 Å². The van der Waals surface area contributed by atoms with Crippen LogP contribution in [0.4, 0.5) is 5.69 Å².